The molecule has 0 amide bonds. The molecule has 9 heteroatoms. The number of phenols is 1. The van der Waals surface area contributed by atoms with Gasteiger partial charge in [0.1, 0.15) is 16.2 Å². The molecule has 2 N–H and O–H groups in total. The summed E-state index contributed by atoms with van der Waals surface area (Å²) in [6.07, 6.45) is 0. The molecule has 6 nitrogen and oxygen atoms in total. The minimum absolute atomic E-state index is 0.0616. The summed E-state index contributed by atoms with van der Waals surface area (Å²) in [5.41, 5.74) is 5.04. The number of benzene rings is 3. The number of carboxylic acid groups (broad SMARTS) is 1. The number of hydrogen-bond acceptors (Lipinski definition) is 6. The van der Waals surface area contributed by atoms with Gasteiger partial charge >= 0.3 is 16.1 Å². The van der Waals surface area contributed by atoms with Crippen molar-refractivity contribution < 1.29 is 27.6 Å². The first kappa shape index (κ1) is 24.0. The Kier molecular flexibility index (Phi) is 6.53. The number of aryl methyl sites for hydroxylation is 1. The summed E-state index contributed by atoms with van der Waals surface area (Å²) in [7, 11) is -4.30. The molecule has 4 aromatic rings. The van der Waals surface area contributed by atoms with Crippen LogP contribution in [-0.4, -0.2) is 24.6 Å². The monoisotopic (exact) mass is 558 g/mol. The molecule has 0 aliphatic rings. The molecule has 1 aromatic heterocycles. The first-order valence-corrected chi connectivity index (χ1v) is 13.1. The van der Waals surface area contributed by atoms with E-state index in [4.69, 9.17) is 9.29 Å². The molecular formula is C25H19BrO6S2. The minimum Gasteiger partial charge on any atom is -0.507 e. The second-order valence-corrected chi connectivity index (χ2v) is 11.1. The Labute approximate surface area is 209 Å². The first-order valence-electron chi connectivity index (χ1n) is 10.0. The smallest absolute Gasteiger partial charge is 0.339 e. The van der Waals surface area contributed by atoms with Gasteiger partial charge in [0.2, 0.25) is 0 Å². The van der Waals surface area contributed by atoms with E-state index in [1.54, 1.807) is 23.5 Å². The Morgan fingerprint density at radius 1 is 0.941 bits per heavy atom. The summed E-state index contributed by atoms with van der Waals surface area (Å²) in [6, 6.07) is 16.1. The van der Waals surface area contributed by atoms with Crippen LogP contribution in [0.3, 0.4) is 0 Å². The van der Waals surface area contributed by atoms with Gasteiger partial charge in [-0.15, -0.1) is 11.3 Å². The van der Waals surface area contributed by atoms with E-state index in [9.17, 15) is 18.3 Å². The average Bonchev–Trinajstić information content (AvgIpc) is 3.13. The fourth-order valence-electron chi connectivity index (χ4n) is 3.40. The number of aromatic hydroxyl groups is 1. The molecule has 0 aliphatic heterocycles. The molecule has 174 valence electrons. The first-order chi connectivity index (χ1) is 16.1. The van der Waals surface area contributed by atoms with Gasteiger partial charge in [0.25, 0.3) is 0 Å². The van der Waals surface area contributed by atoms with Crippen LogP contribution in [0, 0.1) is 13.8 Å². The maximum atomic E-state index is 12.6. The van der Waals surface area contributed by atoms with E-state index in [1.165, 1.54) is 22.1 Å². The number of aromatic carboxylic acids is 1. The van der Waals surface area contributed by atoms with E-state index in [2.05, 4.69) is 47.3 Å². The van der Waals surface area contributed by atoms with Gasteiger partial charge in [0.15, 0.2) is 5.75 Å². The number of thiophene rings is 1. The standard InChI is InChI=1S/C25H19BrO6S2/c1-14-15(2)33-13-21(14)17-5-3-16(4-6-17)18-7-10-24(22(26)11-18)32-34(30,31)19-8-9-20(25(28)29)23(27)12-19/h3-13,27H,1-2H3,(H,28,29). The Morgan fingerprint density at radius 2 is 1.59 bits per heavy atom. The molecule has 1 heterocycles. The second-order valence-electron chi connectivity index (χ2n) is 7.57. The van der Waals surface area contributed by atoms with Crippen LogP contribution in [0.5, 0.6) is 11.5 Å². The number of hydrogen-bond donors (Lipinski definition) is 2. The predicted octanol–water partition coefficient (Wildman–Crippen LogP) is 6.63. The maximum absolute atomic E-state index is 12.6. The predicted molar refractivity (Wildman–Crippen MR) is 135 cm³/mol. The van der Waals surface area contributed by atoms with Crippen molar-refractivity contribution in [1.82, 2.24) is 0 Å². The van der Waals surface area contributed by atoms with Crippen molar-refractivity contribution in [3.05, 3.63) is 86.5 Å². The van der Waals surface area contributed by atoms with Crippen molar-refractivity contribution in [1.29, 1.82) is 0 Å². The van der Waals surface area contributed by atoms with E-state index in [0.717, 1.165) is 34.9 Å². The van der Waals surface area contributed by atoms with Gasteiger partial charge in [0.05, 0.1) is 4.47 Å². The molecular weight excluding hydrogens is 540 g/mol. The van der Waals surface area contributed by atoms with Crippen molar-refractivity contribution in [2.24, 2.45) is 0 Å². The SMILES string of the molecule is Cc1scc(-c2ccc(-c3ccc(OS(=O)(=O)c4ccc(C(=O)O)c(O)c4)c(Br)c3)cc2)c1C. The molecule has 0 atom stereocenters. The lowest BCUT2D eigenvalue weighted by molar-refractivity contribution is 0.0693. The van der Waals surface area contributed by atoms with Crippen molar-refractivity contribution >= 4 is 43.4 Å². The Hall–Kier alpha value is -3.14. The van der Waals surface area contributed by atoms with Gasteiger partial charge in [0, 0.05) is 10.9 Å². The third kappa shape index (κ3) is 4.72. The topological polar surface area (TPSA) is 101 Å². The van der Waals surface area contributed by atoms with Gasteiger partial charge in [-0.05, 0) is 87.2 Å². The molecule has 0 saturated carbocycles. The third-order valence-electron chi connectivity index (χ3n) is 5.43. The zero-order valence-electron chi connectivity index (χ0n) is 18.1. The minimum atomic E-state index is -4.30. The fraction of sp³-hybridized carbons (Fsp3) is 0.0800. The van der Waals surface area contributed by atoms with Crippen molar-refractivity contribution in [3.63, 3.8) is 0 Å². The van der Waals surface area contributed by atoms with E-state index in [1.807, 2.05) is 12.1 Å². The third-order valence-corrected chi connectivity index (χ3v) is 8.30. The molecule has 34 heavy (non-hydrogen) atoms. The number of halogens is 1. The van der Waals surface area contributed by atoms with Crippen LogP contribution in [0.25, 0.3) is 22.3 Å². The Balaban J connectivity index is 1.57. The molecule has 4 rings (SSSR count). The van der Waals surface area contributed by atoms with Crippen LogP contribution in [0.4, 0.5) is 0 Å². The number of carbonyl (C=O) groups is 1. The quantitative estimate of drug-likeness (QED) is 0.257. The summed E-state index contributed by atoms with van der Waals surface area (Å²) < 4.78 is 30.9. The van der Waals surface area contributed by atoms with E-state index in [-0.39, 0.29) is 10.6 Å². The average molecular weight is 559 g/mol. The molecule has 0 fully saturated rings. The van der Waals surface area contributed by atoms with Crippen LogP contribution in [-0.2, 0) is 10.1 Å². The van der Waals surface area contributed by atoms with Crippen molar-refractivity contribution in [2.45, 2.75) is 18.7 Å². The summed E-state index contributed by atoms with van der Waals surface area (Å²) in [5.74, 6) is -1.97. The Bertz CT molecular complexity index is 1510. The van der Waals surface area contributed by atoms with Gasteiger partial charge in [-0.1, -0.05) is 30.3 Å². The highest BCUT2D eigenvalue weighted by atomic mass is 79.9. The van der Waals surface area contributed by atoms with Crippen molar-refractivity contribution in [2.75, 3.05) is 0 Å². The van der Waals surface area contributed by atoms with Gasteiger partial charge < -0.3 is 14.4 Å². The highest BCUT2D eigenvalue weighted by Gasteiger charge is 2.21. The molecule has 0 aliphatic carbocycles. The van der Waals surface area contributed by atoms with Crippen LogP contribution >= 0.6 is 27.3 Å². The highest BCUT2D eigenvalue weighted by Crippen LogP contribution is 2.35. The Morgan fingerprint density at radius 3 is 2.15 bits per heavy atom. The van der Waals surface area contributed by atoms with Crippen LogP contribution in [0.1, 0.15) is 20.8 Å². The summed E-state index contributed by atoms with van der Waals surface area (Å²) in [5, 5.41) is 20.9. The van der Waals surface area contributed by atoms with Gasteiger partial charge in [-0.3, -0.25) is 0 Å². The molecule has 0 saturated heterocycles. The van der Waals surface area contributed by atoms with Gasteiger partial charge in [-0.25, -0.2) is 4.79 Å². The lowest BCUT2D eigenvalue weighted by Crippen LogP contribution is -2.10. The molecule has 0 spiro atoms. The van der Waals surface area contributed by atoms with E-state index in [0.29, 0.717) is 4.47 Å². The maximum Gasteiger partial charge on any atom is 0.339 e. The van der Waals surface area contributed by atoms with E-state index < -0.39 is 27.4 Å². The lowest BCUT2D eigenvalue weighted by atomic mass is 9.99. The van der Waals surface area contributed by atoms with Crippen LogP contribution in [0.2, 0.25) is 0 Å². The van der Waals surface area contributed by atoms with Crippen molar-refractivity contribution in [3.8, 4) is 33.8 Å². The summed E-state index contributed by atoms with van der Waals surface area (Å²) in [4.78, 5) is 12.0. The summed E-state index contributed by atoms with van der Waals surface area (Å²) in [6.45, 7) is 4.22. The van der Waals surface area contributed by atoms with Crippen LogP contribution in [0.15, 0.2) is 75.4 Å². The molecule has 0 radical (unpaired) electrons. The molecule has 3 aromatic carbocycles. The fourth-order valence-corrected chi connectivity index (χ4v) is 5.83. The molecule has 0 bridgehead atoms. The zero-order valence-corrected chi connectivity index (χ0v) is 21.3. The lowest BCUT2D eigenvalue weighted by Gasteiger charge is -2.11. The molecule has 0 unspecified atom stereocenters. The van der Waals surface area contributed by atoms with Gasteiger partial charge in [-0.2, -0.15) is 8.42 Å². The van der Waals surface area contributed by atoms with E-state index >= 15 is 0 Å². The van der Waals surface area contributed by atoms with Crippen LogP contribution < -0.4 is 4.18 Å². The number of rotatable bonds is 6. The largest absolute Gasteiger partial charge is 0.507 e. The highest BCUT2D eigenvalue weighted by molar-refractivity contribution is 9.10. The second kappa shape index (κ2) is 9.25. The zero-order chi connectivity index (χ0) is 24.6. The normalized spacial score (nSPS) is 11.4. The summed E-state index contributed by atoms with van der Waals surface area (Å²) >= 11 is 5.09. The number of carboxylic acids is 1.